The summed E-state index contributed by atoms with van der Waals surface area (Å²) in [7, 11) is 1.47. The fourth-order valence-corrected chi connectivity index (χ4v) is 6.15. The molecule has 0 spiro atoms. The third kappa shape index (κ3) is 5.66. The second kappa shape index (κ2) is 12.1. The van der Waals surface area contributed by atoms with Crippen LogP contribution in [0.2, 0.25) is 0 Å². The number of carbonyl (C=O) groups is 2. The summed E-state index contributed by atoms with van der Waals surface area (Å²) in [5.74, 6) is -0.452. The van der Waals surface area contributed by atoms with Gasteiger partial charge in [-0.3, -0.25) is 14.2 Å². The van der Waals surface area contributed by atoms with Gasteiger partial charge in [-0.15, -0.1) is 0 Å². The van der Waals surface area contributed by atoms with Gasteiger partial charge >= 0.3 is 11.9 Å². The summed E-state index contributed by atoms with van der Waals surface area (Å²) in [5, 5.41) is 0. The lowest BCUT2D eigenvalue weighted by atomic mass is 9.93. The minimum atomic E-state index is -0.753. The summed E-state index contributed by atoms with van der Waals surface area (Å²) in [5.41, 5.74) is 2.57. The van der Waals surface area contributed by atoms with E-state index in [2.05, 4.69) is 15.9 Å². The number of methoxy groups -OCH3 is 1. The summed E-state index contributed by atoms with van der Waals surface area (Å²) in [6, 6.07) is 21.4. The number of esters is 2. The Morgan fingerprint density at radius 1 is 1.07 bits per heavy atom. The van der Waals surface area contributed by atoms with Crippen molar-refractivity contribution >= 4 is 51.0 Å². The molecule has 0 saturated carbocycles. The highest BCUT2D eigenvalue weighted by atomic mass is 79.9. The molecule has 10 heteroatoms. The van der Waals surface area contributed by atoms with E-state index in [1.54, 1.807) is 29.7 Å². The molecule has 1 aromatic heterocycles. The van der Waals surface area contributed by atoms with Gasteiger partial charge < -0.3 is 14.2 Å². The molecule has 41 heavy (non-hydrogen) atoms. The molecule has 0 bridgehead atoms. The van der Waals surface area contributed by atoms with Crippen molar-refractivity contribution in [2.45, 2.75) is 19.9 Å². The van der Waals surface area contributed by atoms with Crippen LogP contribution < -0.4 is 24.4 Å². The summed E-state index contributed by atoms with van der Waals surface area (Å²) < 4.78 is 18.6. The Labute approximate surface area is 248 Å². The summed E-state index contributed by atoms with van der Waals surface area (Å²) in [4.78, 5) is 44.4. The molecule has 1 atom stereocenters. The first-order valence-corrected chi connectivity index (χ1v) is 14.3. The van der Waals surface area contributed by atoms with Gasteiger partial charge in [-0.1, -0.05) is 72.0 Å². The van der Waals surface area contributed by atoms with Gasteiger partial charge in [0.15, 0.2) is 16.3 Å². The minimum Gasteiger partial charge on any atom is -0.493 e. The molecule has 5 rings (SSSR count). The van der Waals surface area contributed by atoms with Gasteiger partial charge in [0.05, 0.1) is 40.0 Å². The average molecular weight is 634 g/mol. The molecular weight excluding hydrogens is 608 g/mol. The molecule has 208 valence electrons. The molecular formula is C31H25BrN2O6S. The van der Waals surface area contributed by atoms with Crippen LogP contribution in [-0.4, -0.2) is 30.2 Å². The van der Waals surface area contributed by atoms with Crippen molar-refractivity contribution in [2.75, 3.05) is 13.7 Å². The predicted molar refractivity (Wildman–Crippen MR) is 160 cm³/mol. The van der Waals surface area contributed by atoms with E-state index in [9.17, 15) is 14.4 Å². The van der Waals surface area contributed by atoms with Crippen LogP contribution in [0.25, 0.3) is 11.8 Å². The number of benzene rings is 3. The quantitative estimate of drug-likeness (QED) is 0.218. The molecule has 0 fully saturated rings. The molecule has 4 aromatic rings. The van der Waals surface area contributed by atoms with Gasteiger partial charge in [0.2, 0.25) is 0 Å². The Hall–Kier alpha value is -4.28. The van der Waals surface area contributed by atoms with E-state index >= 15 is 0 Å². The van der Waals surface area contributed by atoms with Crippen molar-refractivity contribution in [2.24, 2.45) is 4.99 Å². The molecule has 0 amide bonds. The number of hydrogen-bond donors (Lipinski definition) is 0. The van der Waals surface area contributed by atoms with Crippen molar-refractivity contribution in [3.05, 3.63) is 119 Å². The van der Waals surface area contributed by atoms with Crippen molar-refractivity contribution in [3.8, 4) is 11.5 Å². The lowest BCUT2D eigenvalue weighted by Gasteiger charge is -2.25. The maximum Gasteiger partial charge on any atom is 0.338 e. The largest absolute Gasteiger partial charge is 0.493 e. The van der Waals surface area contributed by atoms with Crippen molar-refractivity contribution in [1.82, 2.24) is 4.57 Å². The predicted octanol–water partition coefficient (Wildman–Crippen LogP) is 4.63. The number of halogens is 1. The highest BCUT2D eigenvalue weighted by Gasteiger charge is 2.35. The highest BCUT2D eigenvalue weighted by molar-refractivity contribution is 9.10. The van der Waals surface area contributed by atoms with Gasteiger partial charge in [0.1, 0.15) is 0 Å². The Balaban J connectivity index is 1.77. The Kier molecular flexibility index (Phi) is 8.32. The fraction of sp³-hybridized carbons (Fsp3) is 0.161. The number of aromatic nitrogens is 1. The number of rotatable bonds is 7. The number of carbonyl (C=O) groups excluding carboxylic acids is 2. The van der Waals surface area contributed by atoms with Crippen molar-refractivity contribution < 1.29 is 23.8 Å². The van der Waals surface area contributed by atoms with Crippen LogP contribution in [0.5, 0.6) is 11.5 Å². The van der Waals surface area contributed by atoms with Crippen LogP contribution in [0.15, 0.2) is 92.6 Å². The molecule has 0 aliphatic carbocycles. The Morgan fingerprint density at radius 2 is 1.76 bits per heavy atom. The highest BCUT2D eigenvalue weighted by Crippen LogP contribution is 2.37. The van der Waals surface area contributed by atoms with Crippen LogP contribution >= 0.6 is 27.3 Å². The van der Waals surface area contributed by atoms with E-state index in [1.165, 1.54) is 25.4 Å². The van der Waals surface area contributed by atoms with Crippen LogP contribution in [0.4, 0.5) is 0 Å². The van der Waals surface area contributed by atoms with Gasteiger partial charge in [-0.05, 0) is 52.2 Å². The van der Waals surface area contributed by atoms with E-state index in [-0.39, 0.29) is 17.9 Å². The zero-order chi connectivity index (χ0) is 29.1. The number of hydrogen-bond acceptors (Lipinski definition) is 8. The topological polar surface area (TPSA) is 96.2 Å². The zero-order valence-electron chi connectivity index (χ0n) is 22.4. The number of ether oxygens (including phenoxy) is 3. The molecule has 0 radical (unpaired) electrons. The molecule has 3 aromatic carbocycles. The monoisotopic (exact) mass is 632 g/mol. The molecule has 1 aliphatic rings. The summed E-state index contributed by atoms with van der Waals surface area (Å²) >= 11 is 4.65. The maximum absolute atomic E-state index is 14.0. The van der Waals surface area contributed by atoms with Gasteiger partial charge in [0.25, 0.3) is 5.56 Å². The average Bonchev–Trinajstić information content (AvgIpc) is 3.28. The SMILES string of the molecule is CCOC(=O)C1=C(c2ccccc2)N=c2s/c(=C\c3cc(Br)c(OC(C)=O)c(OC)c3)c(=O)n2[C@H]1c1ccccc1. The number of fused-ring (bicyclic) bond motifs is 1. The molecule has 0 N–H and O–H groups in total. The standard InChI is InChI=1S/C31H25BrN2O6S/c1-4-39-30(37)25-26(20-11-7-5-8-12-20)33-31-34(27(25)21-13-9-6-10-14-21)29(36)24(41-31)17-19-15-22(32)28(40-18(2)35)23(16-19)38-3/h5-17,27H,4H2,1-3H3/b24-17-/t27-/m0/s1. The first-order valence-electron chi connectivity index (χ1n) is 12.7. The summed E-state index contributed by atoms with van der Waals surface area (Å²) in [6.45, 7) is 3.22. The minimum absolute atomic E-state index is 0.177. The van der Waals surface area contributed by atoms with E-state index in [1.807, 2.05) is 60.7 Å². The zero-order valence-corrected chi connectivity index (χ0v) is 24.8. The van der Waals surface area contributed by atoms with Crippen molar-refractivity contribution in [3.63, 3.8) is 0 Å². The first-order chi connectivity index (χ1) is 19.8. The third-order valence-corrected chi connectivity index (χ3v) is 7.86. The lowest BCUT2D eigenvalue weighted by Crippen LogP contribution is -2.39. The second-order valence-corrected chi connectivity index (χ2v) is 10.8. The maximum atomic E-state index is 14.0. The van der Waals surface area contributed by atoms with Crippen LogP contribution in [0.1, 0.15) is 36.6 Å². The Morgan fingerprint density at radius 3 is 2.39 bits per heavy atom. The lowest BCUT2D eigenvalue weighted by molar-refractivity contribution is -0.139. The van der Waals surface area contributed by atoms with Crippen LogP contribution in [-0.2, 0) is 14.3 Å². The van der Waals surface area contributed by atoms with E-state index in [0.29, 0.717) is 36.4 Å². The molecule has 1 aliphatic heterocycles. The second-order valence-electron chi connectivity index (χ2n) is 8.97. The molecule has 2 heterocycles. The molecule has 0 saturated heterocycles. The van der Waals surface area contributed by atoms with Gasteiger partial charge in [0, 0.05) is 12.5 Å². The molecule has 0 unspecified atom stereocenters. The summed E-state index contributed by atoms with van der Waals surface area (Å²) in [6.07, 6.45) is 1.72. The van der Waals surface area contributed by atoms with Crippen molar-refractivity contribution in [1.29, 1.82) is 0 Å². The first kappa shape index (κ1) is 28.3. The smallest absolute Gasteiger partial charge is 0.338 e. The van der Waals surface area contributed by atoms with E-state index in [0.717, 1.165) is 11.1 Å². The fourth-order valence-electron chi connectivity index (χ4n) is 4.61. The number of nitrogens with zero attached hydrogens (tertiary/aromatic N) is 2. The third-order valence-electron chi connectivity index (χ3n) is 6.28. The van der Waals surface area contributed by atoms with Crippen LogP contribution in [0, 0.1) is 0 Å². The van der Waals surface area contributed by atoms with E-state index < -0.39 is 18.0 Å². The Bertz CT molecular complexity index is 1850. The number of thiazole rings is 1. The molecule has 8 nitrogen and oxygen atoms in total. The van der Waals surface area contributed by atoms with Gasteiger partial charge in [-0.2, -0.15) is 0 Å². The normalized spacial score (nSPS) is 14.7. The van der Waals surface area contributed by atoms with Gasteiger partial charge in [-0.25, -0.2) is 9.79 Å². The van der Waals surface area contributed by atoms with E-state index in [4.69, 9.17) is 19.2 Å². The van der Waals surface area contributed by atoms with Crippen LogP contribution in [0.3, 0.4) is 0 Å².